The molecule has 1 nitrogen and oxygen atoms in total. The first-order valence-electron chi connectivity index (χ1n) is 10.2. The molecule has 0 spiro atoms. The van der Waals surface area contributed by atoms with Crippen LogP contribution in [0, 0.1) is 40.7 Å². The number of halogens is 7. The average Bonchev–Trinajstić information content (AvgIpc) is 2.86. The molecule has 0 amide bonds. The largest absolute Gasteiger partial charge is 0.497 e. The van der Waals surface area contributed by atoms with E-state index in [1.54, 1.807) is 0 Å². The third kappa shape index (κ3) is 3.39. The molecule has 0 saturated heterocycles. The Labute approximate surface area is 194 Å². The summed E-state index contributed by atoms with van der Waals surface area (Å²) in [5.41, 5.74) is -0.583. The van der Waals surface area contributed by atoms with Gasteiger partial charge in [0.15, 0.2) is 34.9 Å². The predicted octanol–water partition coefficient (Wildman–Crippen LogP) is 8.31. The minimum absolute atomic E-state index is 0.0429. The van der Waals surface area contributed by atoms with E-state index in [0.29, 0.717) is 11.8 Å². The van der Waals surface area contributed by atoms with Crippen molar-refractivity contribution in [3.63, 3.8) is 0 Å². The van der Waals surface area contributed by atoms with Crippen molar-refractivity contribution >= 4 is 21.5 Å². The third-order valence-corrected chi connectivity index (χ3v) is 5.89. The van der Waals surface area contributed by atoms with Gasteiger partial charge in [0.1, 0.15) is 11.6 Å². The van der Waals surface area contributed by atoms with Gasteiger partial charge in [-0.2, -0.15) is 0 Å². The van der Waals surface area contributed by atoms with Crippen molar-refractivity contribution in [1.82, 2.24) is 0 Å². The summed E-state index contributed by atoms with van der Waals surface area (Å²) >= 11 is 0. The van der Waals surface area contributed by atoms with Gasteiger partial charge in [-0.25, -0.2) is 30.7 Å². The lowest BCUT2D eigenvalue weighted by Gasteiger charge is -2.20. The third-order valence-electron chi connectivity index (χ3n) is 5.89. The van der Waals surface area contributed by atoms with Crippen molar-refractivity contribution in [2.24, 2.45) is 0 Å². The van der Waals surface area contributed by atoms with Crippen molar-refractivity contribution in [3.05, 3.63) is 101 Å². The second-order valence-electron chi connectivity index (χ2n) is 7.78. The minimum atomic E-state index is -2.09. The van der Waals surface area contributed by atoms with Crippen LogP contribution in [0.3, 0.4) is 0 Å². The summed E-state index contributed by atoms with van der Waals surface area (Å²) in [6.45, 7) is 0. The van der Waals surface area contributed by atoms with Gasteiger partial charge >= 0.3 is 0 Å². The number of benzene rings is 5. The Bertz CT molecular complexity index is 1640. The van der Waals surface area contributed by atoms with Gasteiger partial charge in [-0.05, 0) is 46.8 Å². The molecule has 0 fully saturated rings. The molecule has 8 heteroatoms. The predicted molar refractivity (Wildman–Crippen MR) is 119 cm³/mol. The van der Waals surface area contributed by atoms with E-state index in [9.17, 15) is 17.6 Å². The number of rotatable bonds is 3. The van der Waals surface area contributed by atoms with Crippen LogP contribution in [0.15, 0.2) is 60.7 Å². The zero-order valence-corrected chi connectivity index (χ0v) is 17.8. The van der Waals surface area contributed by atoms with Crippen LogP contribution in [-0.4, -0.2) is 7.11 Å². The Kier molecular flexibility index (Phi) is 5.39. The van der Waals surface area contributed by atoms with Gasteiger partial charge in [0.05, 0.1) is 7.11 Å². The summed E-state index contributed by atoms with van der Waals surface area (Å²) in [4.78, 5) is 0. The molecular weight excluding hydrogens is 473 g/mol. The fourth-order valence-corrected chi connectivity index (χ4v) is 4.35. The van der Waals surface area contributed by atoms with Crippen LogP contribution in [0.4, 0.5) is 30.7 Å². The van der Waals surface area contributed by atoms with Crippen molar-refractivity contribution in [2.75, 3.05) is 7.11 Å². The summed E-state index contributed by atoms with van der Waals surface area (Å²) in [5.74, 6) is -10.7. The van der Waals surface area contributed by atoms with Crippen molar-refractivity contribution in [1.29, 1.82) is 0 Å². The molecule has 0 atom stereocenters. The number of hydrogen-bond donors (Lipinski definition) is 0. The van der Waals surface area contributed by atoms with Gasteiger partial charge in [0.25, 0.3) is 0 Å². The molecule has 0 aliphatic rings. The molecule has 0 aliphatic heterocycles. The lowest BCUT2D eigenvalue weighted by atomic mass is 9.85. The molecule has 176 valence electrons. The summed E-state index contributed by atoms with van der Waals surface area (Å²) in [6, 6.07) is 12.0. The van der Waals surface area contributed by atoms with Crippen LogP contribution in [0.2, 0.25) is 0 Å². The first kappa shape index (κ1) is 22.7. The van der Waals surface area contributed by atoms with Crippen LogP contribution >= 0.6 is 0 Å². The smallest absolute Gasteiger partial charge is 0.198 e. The Balaban J connectivity index is 2.10. The van der Waals surface area contributed by atoms with Crippen LogP contribution in [-0.2, 0) is 0 Å². The molecule has 0 radical (unpaired) electrons. The average molecular weight is 486 g/mol. The maximum Gasteiger partial charge on any atom is 0.198 e. The molecule has 5 aromatic rings. The second kappa shape index (κ2) is 8.30. The fourth-order valence-electron chi connectivity index (χ4n) is 4.35. The lowest BCUT2D eigenvalue weighted by Crippen LogP contribution is -2.03. The highest BCUT2D eigenvalue weighted by Crippen LogP contribution is 2.47. The van der Waals surface area contributed by atoms with Gasteiger partial charge in [0.2, 0.25) is 0 Å². The molecule has 5 aromatic carbocycles. The van der Waals surface area contributed by atoms with E-state index in [2.05, 4.69) is 0 Å². The molecule has 0 aromatic heterocycles. The molecule has 0 heterocycles. The molecule has 35 heavy (non-hydrogen) atoms. The molecule has 0 unspecified atom stereocenters. The van der Waals surface area contributed by atoms with E-state index in [1.165, 1.54) is 43.5 Å². The van der Waals surface area contributed by atoms with Crippen LogP contribution in [0.5, 0.6) is 5.75 Å². The first-order chi connectivity index (χ1) is 16.7. The van der Waals surface area contributed by atoms with E-state index < -0.39 is 51.5 Å². The first-order valence-corrected chi connectivity index (χ1v) is 10.2. The highest BCUT2D eigenvalue weighted by molar-refractivity contribution is 6.21. The van der Waals surface area contributed by atoms with Crippen LogP contribution in [0.25, 0.3) is 43.8 Å². The number of fused-ring (bicyclic) bond motifs is 2. The molecule has 0 saturated carbocycles. The topological polar surface area (TPSA) is 9.23 Å². The Morgan fingerprint density at radius 2 is 1.11 bits per heavy atom. The highest BCUT2D eigenvalue weighted by Gasteiger charge is 2.29. The maximum atomic E-state index is 15.4. The number of methoxy groups -OCH3 is 1. The quantitative estimate of drug-likeness (QED) is 0.108. The van der Waals surface area contributed by atoms with E-state index in [1.807, 2.05) is 0 Å². The van der Waals surface area contributed by atoms with Crippen molar-refractivity contribution in [3.8, 4) is 28.0 Å². The maximum absolute atomic E-state index is 15.4. The Morgan fingerprint density at radius 1 is 0.514 bits per heavy atom. The second-order valence-corrected chi connectivity index (χ2v) is 7.78. The van der Waals surface area contributed by atoms with Crippen LogP contribution in [0.1, 0.15) is 0 Å². The summed E-state index contributed by atoms with van der Waals surface area (Å²) in [5, 5.41) is -1.77. The lowest BCUT2D eigenvalue weighted by molar-refractivity contribution is 0.415. The monoisotopic (exact) mass is 486 g/mol. The summed E-state index contributed by atoms with van der Waals surface area (Å²) in [6.07, 6.45) is 0. The van der Waals surface area contributed by atoms with Crippen LogP contribution < -0.4 is 4.74 Å². The van der Waals surface area contributed by atoms with Gasteiger partial charge in [-0.15, -0.1) is 0 Å². The molecular formula is C27H13F7O. The van der Waals surface area contributed by atoms with Gasteiger partial charge in [-0.3, -0.25) is 0 Å². The number of hydrogen-bond acceptors (Lipinski definition) is 1. The normalized spacial score (nSPS) is 11.4. The Hall–Kier alpha value is -4.07. The molecule has 0 bridgehead atoms. The minimum Gasteiger partial charge on any atom is -0.497 e. The van der Waals surface area contributed by atoms with Gasteiger partial charge < -0.3 is 4.74 Å². The SMILES string of the molecule is COc1ccc(-c2c3c(F)cccc3c(-c3ccc(F)c(F)c3)c3c(F)c(F)c(F)c(F)c23)cc1. The van der Waals surface area contributed by atoms with E-state index in [0.717, 1.165) is 18.2 Å². The number of ether oxygens (including phenoxy) is 1. The summed E-state index contributed by atoms with van der Waals surface area (Å²) in [7, 11) is 1.41. The summed E-state index contributed by atoms with van der Waals surface area (Å²) < 4.78 is 108. The van der Waals surface area contributed by atoms with Crippen molar-refractivity contribution < 1.29 is 35.5 Å². The standard InChI is InChI=1S/C27H13F7O/c1-35-14-8-5-12(6-9-14)20-21-15(3-2-4-17(21)29)19(13-7-10-16(28)18(30)11-13)22-23(20)25(32)27(34)26(33)24(22)31/h2-11H,1H3. The zero-order chi connectivity index (χ0) is 25.0. The van der Waals surface area contributed by atoms with E-state index in [-0.39, 0.29) is 33.0 Å². The Morgan fingerprint density at radius 3 is 1.71 bits per heavy atom. The fraction of sp³-hybridized carbons (Fsp3) is 0.0370. The molecule has 5 rings (SSSR count). The van der Waals surface area contributed by atoms with Gasteiger partial charge in [0, 0.05) is 27.3 Å². The van der Waals surface area contributed by atoms with E-state index in [4.69, 9.17) is 4.74 Å². The zero-order valence-electron chi connectivity index (χ0n) is 17.8. The molecule has 0 aliphatic carbocycles. The van der Waals surface area contributed by atoms with E-state index >= 15 is 13.2 Å². The molecule has 0 N–H and O–H groups in total. The van der Waals surface area contributed by atoms with Crippen molar-refractivity contribution in [2.45, 2.75) is 0 Å². The van der Waals surface area contributed by atoms with Gasteiger partial charge in [-0.1, -0.05) is 30.3 Å². The highest BCUT2D eigenvalue weighted by atomic mass is 19.2.